The van der Waals surface area contributed by atoms with Crippen LogP contribution in [0.4, 0.5) is 11.4 Å². The van der Waals surface area contributed by atoms with Gasteiger partial charge in [-0.2, -0.15) is 0 Å². The summed E-state index contributed by atoms with van der Waals surface area (Å²) in [5.41, 5.74) is 8.39. The minimum atomic E-state index is -0.120. The molecule has 0 heterocycles. The summed E-state index contributed by atoms with van der Waals surface area (Å²) in [6.07, 6.45) is 0. The second-order valence-corrected chi connectivity index (χ2v) is 5.50. The first kappa shape index (κ1) is 13.5. The standard InChI is InChI=1S/C15H16N2OS/c1-10-4-3-5-12(8-10)19-13-6-7-15(14(16)9-13)17-11(2)18/h3-9H,16H2,1-2H3,(H,17,18). The maximum Gasteiger partial charge on any atom is 0.221 e. The molecule has 2 aromatic rings. The fourth-order valence-electron chi connectivity index (χ4n) is 1.72. The van der Waals surface area contributed by atoms with E-state index in [4.69, 9.17) is 5.73 Å². The quantitative estimate of drug-likeness (QED) is 0.838. The molecule has 1 amide bonds. The first-order valence-corrected chi connectivity index (χ1v) is 6.78. The molecule has 4 heteroatoms. The van der Waals surface area contributed by atoms with Gasteiger partial charge in [0, 0.05) is 16.7 Å². The Balaban J connectivity index is 2.18. The van der Waals surface area contributed by atoms with Crippen molar-refractivity contribution in [2.75, 3.05) is 11.1 Å². The Morgan fingerprint density at radius 2 is 1.89 bits per heavy atom. The number of anilines is 2. The average Bonchev–Trinajstić information content (AvgIpc) is 2.32. The summed E-state index contributed by atoms with van der Waals surface area (Å²) in [4.78, 5) is 13.2. The summed E-state index contributed by atoms with van der Waals surface area (Å²) in [6, 6.07) is 13.9. The van der Waals surface area contributed by atoms with Crippen LogP contribution in [0, 0.1) is 6.92 Å². The highest BCUT2D eigenvalue weighted by atomic mass is 32.2. The van der Waals surface area contributed by atoms with E-state index in [0.29, 0.717) is 11.4 Å². The van der Waals surface area contributed by atoms with Crippen molar-refractivity contribution < 1.29 is 4.79 Å². The van der Waals surface area contributed by atoms with Crippen LogP contribution in [0.25, 0.3) is 0 Å². The monoisotopic (exact) mass is 272 g/mol. The van der Waals surface area contributed by atoms with Crippen LogP contribution in [0.15, 0.2) is 52.3 Å². The number of nitrogens with one attached hydrogen (secondary N) is 1. The lowest BCUT2D eigenvalue weighted by Crippen LogP contribution is -2.07. The van der Waals surface area contributed by atoms with E-state index in [0.717, 1.165) is 4.90 Å². The van der Waals surface area contributed by atoms with Gasteiger partial charge in [0.05, 0.1) is 11.4 Å². The van der Waals surface area contributed by atoms with E-state index in [1.807, 2.05) is 24.3 Å². The lowest BCUT2D eigenvalue weighted by molar-refractivity contribution is -0.114. The second-order valence-electron chi connectivity index (χ2n) is 4.35. The van der Waals surface area contributed by atoms with Gasteiger partial charge in [-0.15, -0.1) is 0 Å². The van der Waals surface area contributed by atoms with E-state index >= 15 is 0 Å². The normalized spacial score (nSPS) is 10.2. The Hall–Kier alpha value is -1.94. The summed E-state index contributed by atoms with van der Waals surface area (Å²) in [7, 11) is 0. The number of nitrogen functional groups attached to an aromatic ring is 1. The fraction of sp³-hybridized carbons (Fsp3) is 0.133. The van der Waals surface area contributed by atoms with E-state index in [1.54, 1.807) is 11.8 Å². The molecular weight excluding hydrogens is 256 g/mol. The third-order valence-electron chi connectivity index (χ3n) is 2.56. The zero-order valence-corrected chi connectivity index (χ0v) is 11.8. The van der Waals surface area contributed by atoms with E-state index in [-0.39, 0.29) is 5.91 Å². The van der Waals surface area contributed by atoms with Crippen molar-refractivity contribution in [3.05, 3.63) is 48.0 Å². The first-order chi connectivity index (χ1) is 9.04. The number of hydrogen-bond donors (Lipinski definition) is 2. The van der Waals surface area contributed by atoms with Crippen LogP contribution in [0.3, 0.4) is 0 Å². The van der Waals surface area contributed by atoms with E-state index in [2.05, 4.69) is 30.4 Å². The third-order valence-corrected chi connectivity index (χ3v) is 3.54. The lowest BCUT2D eigenvalue weighted by Gasteiger charge is -2.08. The predicted octanol–water partition coefficient (Wildman–Crippen LogP) is 3.69. The number of aryl methyl sites for hydroxylation is 1. The number of amides is 1. The summed E-state index contributed by atoms with van der Waals surface area (Å²) >= 11 is 1.65. The van der Waals surface area contributed by atoms with Gasteiger partial charge in [0.25, 0.3) is 0 Å². The van der Waals surface area contributed by atoms with Crippen LogP contribution in [0.5, 0.6) is 0 Å². The first-order valence-electron chi connectivity index (χ1n) is 5.96. The molecule has 0 radical (unpaired) electrons. The molecule has 0 saturated carbocycles. The number of rotatable bonds is 3. The van der Waals surface area contributed by atoms with Crippen LogP contribution < -0.4 is 11.1 Å². The lowest BCUT2D eigenvalue weighted by atomic mass is 10.2. The molecule has 0 spiro atoms. The molecule has 0 fully saturated rings. The third kappa shape index (κ3) is 3.76. The van der Waals surface area contributed by atoms with Crippen LogP contribution in [-0.4, -0.2) is 5.91 Å². The second kappa shape index (κ2) is 5.80. The Bertz CT molecular complexity index is 611. The van der Waals surface area contributed by atoms with Crippen LogP contribution in [0.2, 0.25) is 0 Å². The molecule has 0 bridgehead atoms. The molecule has 0 aliphatic carbocycles. The van der Waals surface area contributed by atoms with Gasteiger partial charge in [-0.25, -0.2) is 0 Å². The largest absolute Gasteiger partial charge is 0.397 e. The highest BCUT2D eigenvalue weighted by Crippen LogP contribution is 2.31. The molecule has 0 unspecified atom stereocenters. The van der Waals surface area contributed by atoms with Crippen molar-refractivity contribution in [1.82, 2.24) is 0 Å². The van der Waals surface area contributed by atoms with Gasteiger partial charge in [0.15, 0.2) is 0 Å². The van der Waals surface area contributed by atoms with Gasteiger partial charge < -0.3 is 11.1 Å². The van der Waals surface area contributed by atoms with Gasteiger partial charge in [-0.1, -0.05) is 29.5 Å². The van der Waals surface area contributed by atoms with Crippen molar-refractivity contribution >= 4 is 29.0 Å². The highest BCUT2D eigenvalue weighted by molar-refractivity contribution is 7.99. The van der Waals surface area contributed by atoms with Crippen molar-refractivity contribution in [3.63, 3.8) is 0 Å². The van der Waals surface area contributed by atoms with Gasteiger partial charge in [0.2, 0.25) is 5.91 Å². The average molecular weight is 272 g/mol. The summed E-state index contributed by atoms with van der Waals surface area (Å²) in [5, 5.41) is 2.70. The maximum absolute atomic E-state index is 11.0. The van der Waals surface area contributed by atoms with E-state index in [1.165, 1.54) is 17.4 Å². The van der Waals surface area contributed by atoms with E-state index in [9.17, 15) is 4.79 Å². The molecular formula is C15H16N2OS. The van der Waals surface area contributed by atoms with E-state index < -0.39 is 0 Å². The Labute approximate surface area is 117 Å². The highest BCUT2D eigenvalue weighted by Gasteiger charge is 2.04. The molecule has 0 aromatic heterocycles. The number of nitrogens with two attached hydrogens (primary N) is 1. The number of carbonyl (C=O) groups excluding carboxylic acids is 1. The fourth-order valence-corrected chi connectivity index (χ4v) is 2.71. The van der Waals surface area contributed by atoms with Gasteiger partial charge >= 0.3 is 0 Å². The molecule has 2 rings (SSSR count). The molecule has 0 atom stereocenters. The molecule has 2 aromatic carbocycles. The van der Waals surface area contributed by atoms with Crippen LogP contribution in [-0.2, 0) is 4.79 Å². The molecule has 3 nitrogen and oxygen atoms in total. The number of carbonyl (C=O) groups is 1. The smallest absolute Gasteiger partial charge is 0.221 e. The zero-order valence-electron chi connectivity index (χ0n) is 10.9. The molecule has 0 aliphatic rings. The SMILES string of the molecule is CC(=O)Nc1ccc(Sc2cccc(C)c2)cc1N. The zero-order chi connectivity index (χ0) is 13.8. The minimum absolute atomic E-state index is 0.120. The molecule has 19 heavy (non-hydrogen) atoms. The van der Waals surface area contributed by atoms with Crippen molar-refractivity contribution in [2.45, 2.75) is 23.6 Å². The minimum Gasteiger partial charge on any atom is -0.397 e. The molecule has 3 N–H and O–H groups in total. The Kier molecular flexibility index (Phi) is 4.12. The molecule has 98 valence electrons. The van der Waals surface area contributed by atoms with Gasteiger partial charge in [-0.05, 0) is 37.3 Å². The summed E-state index contributed by atoms with van der Waals surface area (Å²) < 4.78 is 0. The summed E-state index contributed by atoms with van der Waals surface area (Å²) in [6.45, 7) is 3.53. The number of benzene rings is 2. The van der Waals surface area contributed by atoms with Crippen LogP contribution >= 0.6 is 11.8 Å². The molecule has 0 saturated heterocycles. The topological polar surface area (TPSA) is 55.1 Å². The van der Waals surface area contributed by atoms with Crippen LogP contribution in [0.1, 0.15) is 12.5 Å². The van der Waals surface area contributed by atoms with Gasteiger partial charge in [-0.3, -0.25) is 4.79 Å². The van der Waals surface area contributed by atoms with Crippen molar-refractivity contribution in [1.29, 1.82) is 0 Å². The Morgan fingerprint density at radius 1 is 1.16 bits per heavy atom. The van der Waals surface area contributed by atoms with Crippen molar-refractivity contribution in [2.24, 2.45) is 0 Å². The Morgan fingerprint density at radius 3 is 2.53 bits per heavy atom. The van der Waals surface area contributed by atoms with Crippen molar-refractivity contribution in [3.8, 4) is 0 Å². The summed E-state index contributed by atoms with van der Waals surface area (Å²) in [5.74, 6) is -0.120. The predicted molar refractivity (Wildman–Crippen MR) is 80.5 cm³/mol. The molecule has 0 aliphatic heterocycles. The number of hydrogen-bond acceptors (Lipinski definition) is 3. The van der Waals surface area contributed by atoms with Gasteiger partial charge in [0.1, 0.15) is 0 Å². The maximum atomic E-state index is 11.0.